The van der Waals surface area contributed by atoms with Crippen LogP contribution in [0.25, 0.3) is 22.3 Å². The zero-order valence-electron chi connectivity index (χ0n) is 19.8. The molecule has 6 rings (SSSR count). The van der Waals surface area contributed by atoms with E-state index >= 15 is 0 Å². The van der Waals surface area contributed by atoms with Gasteiger partial charge in [0.15, 0.2) is 5.82 Å². The Morgan fingerprint density at radius 1 is 0.944 bits per heavy atom. The molecule has 1 aliphatic heterocycles. The van der Waals surface area contributed by atoms with E-state index in [0.717, 1.165) is 60.1 Å². The van der Waals surface area contributed by atoms with Gasteiger partial charge in [0.05, 0.1) is 11.3 Å². The van der Waals surface area contributed by atoms with E-state index in [4.69, 9.17) is 0 Å². The van der Waals surface area contributed by atoms with E-state index in [2.05, 4.69) is 36.8 Å². The summed E-state index contributed by atoms with van der Waals surface area (Å²) in [5.74, 6) is 0.829. The maximum Gasteiger partial charge on any atom is 0.257 e. The largest absolute Gasteiger partial charge is 0.342 e. The van der Waals surface area contributed by atoms with Crippen LogP contribution in [0, 0.1) is 5.82 Å². The Labute approximate surface area is 208 Å². The van der Waals surface area contributed by atoms with Crippen LogP contribution in [0.5, 0.6) is 0 Å². The van der Waals surface area contributed by atoms with Gasteiger partial charge < -0.3 is 14.5 Å². The lowest BCUT2D eigenvalue weighted by Crippen LogP contribution is -2.13. The van der Waals surface area contributed by atoms with Crippen LogP contribution in [0.1, 0.15) is 41.0 Å². The predicted octanol–water partition coefficient (Wildman–Crippen LogP) is 6.07. The number of benzene rings is 3. The van der Waals surface area contributed by atoms with Crippen molar-refractivity contribution in [2.75, 3.05) is 5.32 Å². The zero-order valence-corrected chi connectivity index (χ0v) is 19.8. The lowest BCUT2D eigenvalue weighted by Gasteiger charge is -2.10. The van der Waals surface area contributed by atoms with Crippen molar-refractivity contribution in [3.05, 3.63) is 102 Å². The van der Waals surface area contributed by atoms with E-state index in [1.165, 1.54) is 6.07 Å². The fourth-order valence-electron chi connectivity index (χ4n) is 4.99. The normalized spacial score (nSPS) is 13.4. The third-order valence-corrected chi connectivity index (χ3v) is 6.81. The average Bonchev–Trinajstić information content (AvgIpc) is 3.39. The highest BCUT2D eigenvalue weighted by Gasteiger charge is 2.20. The predicted molar refractivity (Wildman–Crippen MR) is 138 cm³/mol. The Kier molecular flexibility index (Phi) is 5.81. The van der Waals surface area contributed by atoms with Crippen molar-refractivity contribution in [1.82, 2.24) is 19.3 Å². The molecular formula is C29H26FN5O. The molecule has 2 aromatic heterocycles. The van der Waals surface area contributed by atoms with Crippen LogP contribution in [-0.4, -0.2) is 25.2 Å². The summed E-state index contributed by atoms with van der Waals surface area (Å²) in [7, 11) is 0. The van der Waals surface area contributed by atoms with Gasteiger partial charge in [-0.1, -0.05) is 55.0 Å². The molecule has 0 bridgehead atoms. The van der Waals surface area contributed by atoms with Crippen molar-refractivity contribution in [3.8, 4) is 11.4 Å². The number of fused-ring (bicyclic) bond motifs is 2. The first-order chi connectivity index (χ1) is 17.7. The summed E-state index contributed by atoms with van der Waals surface area (Å²) in [6.45, 7) is 1.48. The average molecular weight is 480 g/mol. The van der Waals surface area contributed by atoms with E-state index in [-0.39, 0.29) is 11.6 Å². The van der Waals surface area contributed by atoms with Crippen molar-refractivity contribution in [2.45, 2.75) is 38.8 Å². The second-order valence-corrected chi connectivity index (χ2v) is 9.22. The first-order valence-corrected chi connectivity index (χ1v) is 12.3. The van der Waals surface area contributed by atoms with Crippen molar-refractivity contribution in [3.63, 3.8) is 0 Å². The number of carbonyl (C=O) groups excluding carboxylic acids is 1. The summed E-state index contributed by atoms with van der Waals surface area (Å²) in [5.41, 5.74) is 3.45. The maximum atomic E-state index is 14.8. The minimum Gasteiger partial charge on any atom is -0.342 e. The van der Waals surface area contributed by atoms with Crippen LogP contribution in [0.3, 0.4) is 0 Å². The fourth-order valence-corrected chi connectivity index (χ4v) is 4.99. The molecule has 7 heteroatoms. The Morgan fingerprint density at radius 3 is 2.67 bits per heavy atom. The number of rotatable bonds is 5. The van der Waals surface area contributed by atoms with Gasteiger partial charge in [0.2, 0.25) is 0 Å². The summed E-state index contributed by atoms with van der Waals surface area (Å²) in [6, 6.07) is 22.6. The lowest BCUT2D eigenvalue weighted by molar-refractivity contribution is 0.102. The summed E-state index contributed by atoms with van der Waals surface area (Å²) in [4.78, 5) is 13.4. The number of halogens is 1. The molecule has 1 amide bonds. The summed E-state index contributed by atoms with van der Waals surface area (Å²) >= 11 is 0. The van der Waals surface area contributed by atoms with Crippen LogP contribution < -0.4 is 5.32 Å². The minimum atomic E-state index is -0.490. The number of anilines is 1. The van der Waals surface area contributed by atoms with Gasteiger partial charge in [-0.2, -0.15) is 0 Å². The third kappa shape index (κ3) is 4.17. The maximum absolute atomic E-state index is 14.8. The van der Waals surface area contributed by atoms with Gasteiger partial charge in [-0.3, -0.25) is 4.79 Å². The summed E-state index contributed by atoms with van der Waals surface area (Å²) < 4.78 is 19.0. The molecule has 1 N–H and O–H groups in total. The number of hydrogen-bond acceptors (Lipinski definition) is 3. The molecular weight excluding hydrogens is 453 g/mol. The molecule has 0 aliphatic carbocycles. The SMILES string of the molecule is O=C(Nc1cc(-c2nnc3n2CCCCC3)ccc1F)c1cn(Cc2ccccc2)c2ccccc12. The molecule has 0 saturated heterocycles. The Balaban J connectivity index is 1.32. The van der Waals surface area contributed by atoms with Crippen molar-refractivity contribution in [2.24, 2.45) is 0 Å². The summed E-state index contributed by atoms with van der Waals surface area (Å²) in [5, 5.41) is 12.4. The molecule has 6 nitrogen and oxygen atoms in total. The molecule has 5 aromatic rings. The number of aryl methyl sites for hydroxylation is 1. The number of para-hydroxylation sites is 1. The van der Waals surface area contributed by atoms with Gasteiger partial charge in [0, 0.05) is 42.2 Å². The molecule has 3 aromatic carbocycles. The molecule has 0 saturated carbocycles. The van der Waals surface area contributed by atoms with Crippen molar-refractivity contribution >= 4 is 22.5 Å². The number of hydrogen-bond donors (Lipinski definition) is 1. The number of nitrogens with one attached hydrogen (secondary N) is 1. The fraction of sp³-hybridized carbons (Fsp3) is 0.207. The molecule has 0 radical (unpaired) electrons. The number of carbonyl (C=O) groups is 1. The van der Waals surface area contributed by atoms with Crippen LogP contribution in [0.15, 0.2) is 79.0 Å². The summed E-state index contributed by atoms with van der Waals surface area (Å²) in [6.07, 6.45) is 6.06. The van der Waals surface area contributed by atoms with Gasteiger partial charge >= 0.3 is 0 Å². The van der Waals surface area contributed by atoms with Crippen LogP contribution in [0.4, 0.5) is 10.1 Å². The monoisotopic (exact) mass is 479 g/mol. The number of aromatic nitrogens is 4. The van der Waals surface area contributed by atoms with Gasteiger partial charge in [-0.05, 0) is 42.7 Å². The molecule has 1 aliphatic rings. The topological polar surface area (TPSA) is 64.7 Å². The second kappa shape index (κ2) is 9.41. The van der Waals surface area contributed by atoms with Gasteiger partial charge in [0.25, 0.3) is 5.91 Å². The Morgan fingerprint density at radius 2 is 1.78 bits per heavy atom. The Bertz CT molecular complexity index is 1550. The number of nitrogens with zero attached hydrogens (tertiary/aromatic N) is 4. The smallest absolute Gasteiger partial charge is 0.257 e. The molecule has 0 atom stereocenters. The highest BCUT2D eigenvalue weighted by atomic mass is 19.1. The standard InChI is InChI=1S/C29H26FN5O/c30-24-15-14-21(28-33-32-27-13-5-2-8-16-35(27)28)17-25(24)31-29(36)23-19-34(18-20-9-3-1-4-10-20)26-12-7-6-11-22(23)26/h1,3-4,6-7,9-12,14-15,17,19H,2,5,8,13,16,18H2,(H,31,36). The van der Waals surface area contributed by atoms with Crippen molar-refractivity contribution < 1.29 is 9.18 Å². The molecule has 0 fully saturated rings. The van der Waals surface area contributed by atoms with E-state index in [9.17, 15) is 9.18 Å². The first-order valence-electron chi connectivity index (χ1n) is 12.3. The third-order valence-electron chi connectivity index (χ3n) is 6.81. The number of amides is 1. The molecule has 0 unspecified atom stereocenters. The van der Waals surface area contributed by atoms with Crippen LogP contribution in [-0.2, 0) is 19.5 Å². The first kappa shape index (κ1) is 22.2. The van der Waals surface area contributed by atoms with Crippen LogP contribution >= 0.6 is 0 Å². The lowest BCUT2D eigenvalue weighted by atomic mass is 10.1. The highest BCUT2D eigenvalue weighted by Crippen LogP contribution is 2.28. The van der Waals surface area contributed by atoms with E-state index < -0.39 is 5.82 Å². The van der Waals surface area contributed by atoms with Gasteiger partial charge in [0.1, 0.15) is 11.6 Å². The van der Waals surface area contributed by atoms with E-state index in [0.29, 0.717) is 17.9 Å². The van der Waals surface area contributed by atoms with Gasteiger partial charge in [-0.15, -0.1) is 10.2 Å². The quantitative estimate of drug-likeness (QED) is 0.333. The van der Waals surface area contributed by atoms with E-state index in [1.54, 1.807) is 12.1 Å². The highest BCUT2D eigenvalue weighted by molar-refractivity contribution is 6.13. The Hall–Kier alpha value is -4.26. The molecule has 180 valence electrons. The zero-order chi connectivity index (χ0) is 24.5. The van der Waals surface area contributed by atoms with Gasteiger partial charge in [-0.25, -0.2) is 4.39 Å². The molecule has 3 heterocycles. The molecule has 36 heavy (non-hydrogen) atoms. The van der Waals surface area contributed by atoms with Crippen molar-refractivity contribution in [1.29, 1.82) is 0 Å². The second-order valence-electron chi connectivity index (χ2n) is 9.22. The molecule has 0 spiro atoms. The van der Waals surface area contributed by atoms with Crippen LogP contribution in [0.2, 0.25) is 0 Å². The minimum absolute atomic E-state index is 0.128. The van der Waals surface area contributed by atoms with E-state index in [1.807, 2.05) is 48.7 Å².